The predicted octanol–water partition coefficient (Wildman–Crippen LogP) is 1.97. The van der Waals surface area contributed by atoms with E-state index in [1.807, 2.05) is 19.9 Å². The standard InChI is InChI=1S/C9H15NO2S/c1-7(2)12-9(11)8(3)13-6-4-5-10/h7-8H,4,6H2,1-3H3. The van der Waals surface area contributed by atoms with Crippen LogP contribution < -0.4 is 0 Å². The maximum absolute atomic E-state index is 11.2. The Hall–Kier alpha value is -0.690. The SMILES string of the molecule is CC(C)OC(=O)C(C)SCCC#N. The Morgan fingerprint density at radius 1 is 1.54 bits per heavy atom. The number of hydrogen-bond donors (Lipinski definition) is 0. The summed E-state index contributed by atoms with van der Waals surface area (Å²) in [5, 5.41) is 8.11. The van der Waals surface area contributed by atoms with E-state index >= 15 is 0 Å². The molecule has 0 aliphatic rings. The van der Waals surface area contributed by atoms with Crippen molar-refractivity contribution < 1.29 is 9.53 Å². The fourth-order valence-electron chi connectivity index (χ4n) is 0.678. The topological polar surface area (TPSA) is 50.1 Å². The molecule has 0 aromatic carbocycles. The molecule has 3 nitrogen and oxygen atoms in total. The molecule has 0 aliphatic heterocycles. The molecule has 0 N–H and O–H groups in total. The van der Waals surface area contributed by atoms with Crippen LogP contribution in [0.2, 0.25) is 0 Å². The van der Waals surface area contributed by atoms with E-state index in [9.17, 15) is 4.79 Å². The van der Waals surface area contributed by atoms with Gasteiger partial charge in [0.2, 0.25) is 0 Å². The zero-order valence-corrected chi connectivity index (χ0v) is 9.06. The van der Waals surface area contributed by atoms with Gasteiger partial charge in [-0.2, -0.15) is 5.26 Å². The van der Waals surface area contributed by atoms with E-state index in [1.165, 1.54) is 11.8 Å². The molecule has 0 amide bonds. The lowest BCUT2D eigenvalue weighted by molar-refractivity contribution is -0.146. The molecular formula is C9H15NO2S. The monoisotopic (exact) mass is 201 g/mol. The molecule has 4 heteroatoms. The van der Waals surface area contributed by atoms with E-state index in [2.05, 4.69) is 0 Å². The second-order valence-corrected chi connectivity index (χ2v) is 4.36. The van der Waals surface area contributed by atoms with Crippen LogP contribution >= 0.6 is 11.8 Å². The van der Waals surface area contributed by atoms with Crippen LogP contribution in [0.25, 0.3) is 0 Å². The minimum atomic E-state index is -0.196. The summed E-state index contributed by atoms with van der Waals surface area (Å²) in [6.07, 6.45) is 0.413. The van der Waals surface area contributed by atoms with Crippen LogP contribution in [0.3, 0.4) is 0 Å². The smallest absolute Gasteiger partial charge is 0.319 e. The lowest BCUT2D eigenvalue weighted by Gasteiger charge is -2.12. The average Bonchev–Trinajstić information content (AvgIpc) is 2.03. The van der Waals surface area contributed by atoms with Gasteiger partial charge in [-0.05, 0) is 20.8 Å². The summed E-state index contributed by atoms with van der Waals surface area (Å²) in [5.41, 5.74) is 0. The number of thioether (sulfide) groups is 1. The number of esters is 1. The number of nitriles is 1. The third-order valence-electron chi connectivity index (χ3n) is 1.27. The number of ether oxygens (including phenoxy) is 1. The first kappa shape index (κ1) is 12.3. The predicted molar refractivity (Wildman–Crippen MR) is 53.4 cm³/mol. The largest absolute Gasteiger partial charge is 0.462 e. The molecule has 74 valence electrons. The third kappa shape index (κ3) is 6.47. The highest BCUT2D eigenvalue weighted by atomic mass is 32.2. The molecule has 0 heterocycles. The zero-order chi connectivity index (χ0) is 10.3. The highest BCUT2D eigenvalue weighted by Crippen LogP contribution is 2.13. The van der Waals surface area contributed by atoms with Gasteiger partial charge in [-0.15, -0.1) is 11.8 Å². The fourth-order valence-corrected chi connectivity index (χ4v) is 1.43. The van der Waals surface area contributed by atoms with Gasteiger partial charge >= 0.3 is 5.97 Å². The molecule has 0 aromatic rings. The van der Waals surface area contributed by atoms with Crippen molar-refractivity contribution >= 4 is 17.7 Å². The number of nitrogens with zero attached hydrogens (tertiary/aromatic N) is 1. The number of carbonyl (C=O) groups excluding carboxylic acids is 1. The Labute approximate surface area is 83.4 Å². The second-order valence-electron chi connectivity index (χ2n) is 2.91. The molecule has 0 bridgehead atoms. The molecule has 0 fully saturated rings. The number of carbonyl (C=O) groups is 1. The molecule has 0 saturated carbocycles. The van der Waals surface area contributed by atoms with Gasteiger partial charge < -0.3 is 4.74 Å². The van der Waals surface area contributed by atoms with Crippen molar-refractivity contribution in [3.8, 4) is 6.07 Å². The molecule has 13 heavy (non-hydrogen) atoms. The van der Waals surface area contributed by atoms with Crippen molar-refractivity contribution in [2.45, 2.75) is 38.5 Å². The summed E-state index contributed by atoms with van der Waals surface area (Å²) in [7, 11) is 0. The van der Waals surface area contributed by atoms with Crippen molar-refractivity contribution in [3.63, 3.8) is 0 Å². The molecule has 1 unspecified atom stereocenters. The first-order valence-electron chi connectivity index (χ1n) is 4.27. The molecule has 0 radical (unpaired) electrons. The van der Waals surface area contributed by atoms with E-state index in [0.29, 0.717) is 12.2 Å². The van der Waals surface area contributed by atoms with Crippen molar-refractivity contribution in [2.75, 3.05) is 5.75 Å². The lowest BCUT2D eigenvalue weighted by atomic mass is 10.4. The van der Waals surface area contributed by atoms with E-state index in [0.717, 1.165) is 0 Å². The Kier molecular flexibility index (Phi) is 6.43. The van der Waals surface area contributed by atoms with Gasteiger partial charge in [-0.3, -0.25) is 4.79 Å². The van der Waals surface area contributed by atoms with Crippen molar-refractivity contribution in [2.24, 2.45) is 0 Å². The third-order valence-corrected chi connectivity index (χ3v) is 2.40. The number of hydrogen-bond acceptors (Lipinski definition) is 4. The summed E-state index contributed by atoms with van der Waals surface area (Å²) in [6, 6.07) is 2.03. The van der Waals surface area contributed by atoms with Crippen LogP contribution in [-0.2, 0) is 9.53 Å². The van der Waals surface area contributed by atoms with Crippen molar-refractivity contribution in [1.29, 1.82) is 5.26 Å². The highest BCUT2D eigenvalue weighted by molar-refractivity contribution is 8.00. The van der Waals surface area contributed by atoms with Gasteiger partial charge in [-0.25, -0.2) is 0 Å². The summed E-state index contributed by atoms with van der Waals surface area (Å²) in [6.45, 7) is 5.45. The quantitative estimate of drug-likeness (QED) is 0.504. The Morgan fingerprint density at radius 3 is 2.62 bits per heavy atom. The molecule has 1 atom stereocenters. The van der Waals surface area contributed by atoms with Crippen LogP contribution in [0.1, 0.15) is 27.2 Å². The van der Waals surface area contributed by atoms with Gasteiger partial charge in [0.1, 0.15) is 0 Å². The summed E-state index contributed by atoms with van der Waals surface area (Å²) in [4.78, 5) is 11.2. The van der Waals surface area contributed by atoms with Crippen LogP contribution in [-0.4, -0.2) is 23.1 Å². The van der Waals surface area contributed by atoms with E-state index in [-0.39, 0.29) is 17.3 Å². The van der Waals surface area contributed by atoms with Crippen molar-refractivity contribution in [1.82, 2.24) is 0 Å². The Morgan fingerprint density at radius 2 is 2.15 bits per heavy atom. The number of rotatable bonds is 5. The zero-order valence-electron chi connectivity index (χ0n) is 8.24. The maximum Gasteiger partial charge on any atom is 0.319 e. The van der Waals surface area contributed by atoms with Crippen LogP contribution in [0.15, 0.2) is 0 Å². The minimum absolute atomic E-state index is 0.0634. The van der Waals surface area contributed by atoms with Crippen molar-refractivity contribution in [3.05, 3.63) is 0 Å². The first-order valence-corrected chi connectivity index (χ1v) is 5.31. The minimum Gasteiger partial charge on any atom is -0.462 e. The molecule has 0 spiro atoms. The van der Waals surface area contributed by atoms with Crippen LogP contribution in [0.5, 0.6) is 0 Å². The molecule has 0 aliphatic carbocycles. The first-order chi connectivity index (χ1) is 6.07. The maximum atomic E-state index is 11.2. The van der Waals surface area contributed by atoms with Gasteiger partial charge in [0, 0.05) is 12.2 Å². The van der Waals surface area contributed by atoms with E-state index in [4.69, 9.17) is 10.00 Å². The van der Waals surface area contributed by atoms with Gasteiger partial charge in [-0.1, -0.05) is 0 Å². The highest BCUT2D eigenvalue weighted by Gasteiger charge is 2.15. The van der Waals surface area contributed by atoms with Gasteiger partial charge in [0.05, 0.1) is 17.4 Å². The molecule has 0 aromatic heterocycles. The Balaban J connectivity index is 3.64. The Bertz CT molecular complexity index is 198. The normalized spacial score (nSPS) is 12.2. The second kappa shape index (κ2) is 6.79. The fraction of sp³-hybridized carbons (Fsp3) is 0.778. The lowest BCUT2D eigenvalue weighted by Crippen LogP contribution is -2.21. The summed E-state index contributed by atoms with van der Waals surface area (Å²) < 4.78 is 5.00. The van der Waals surface area contributed by atoms with Gasteiger partial charge in [0.15, 0.2) is 0 Å². The van der Waals surface area contributed by atoms with E-state index < -0.39 is 0 Å². The molecule has 0 saturated heterocycles. The van der Waals surface area contributed by atoms with Crippen LogP contribution in [0.4, 0.5) is 0 Å². The van der Waals surface area contributed by atoms with Gasteiger partial charge in [0.25, 0.3) is 0 Å². The summed E-state index contributed by atoms with van der Waals surface area (Å²) >= 11 is 1.45. The van der Waals surface area contributed by atoms with Crippen LogP contribution in [0, 0.1) is 11.3 Å². The average molecular weight is 201 g/mol. The van der Waals surface area contributed by atoms with E-state index in [1.54, 1.807) is 6.92 Å². The molecule has 0 rings (SSSR count). The molecular weight excluding hydrogens is 186 g/mol. The summed E-state index contributed by atoms with van der Waals surface area (Å²) in [5.74, 6) is 0.489.